The average molecular weight is 607 g/mol. The van der Waals surface area contributed by atoms with Crippen LogP contribution in [0.25, 0.3) is 55.2 Å². The summed E-state index contributed by atoms with van der Waals surface area (Å²) in [7, 11) is 0. The average Bonchev–Trinajstić information content (AvgIpc) is 3.62. The monoisotopic (exact) mass is 606 g/mol. The second kappa shape index (κ2) is 9.79. The molecule has 2 nitrogen and oxygen atoms in total. The first-order chi connectivity index (χ1) is 22.7. The largest absolute Gasteiger partial charge is 0.314 e. The predicted octanol–water partition coefficient (Wildman–Crippen LogP) is 8.81. The van der Waals surface area contributed by atoms with E-state index in [-0.39, 0.29) is 6.71 Å². The van der Waals surface area contributed by atoms with Gasteiger partial charge in [0.2, 0.25) is 6.71 Å². The summed E-state index contributed by atoms with van der Waals surface area (Å²) in [4.78, 5) is 2.74. The normalized spacial score (nSPS) is 13.0. The molecule has 0 bridgehead atoms. The first-order valence-corrected chi connectivity index (χ1v) is 17.3. The molecule has 0 radical (unpaired) electrons. The summed E-state index contributed by atoms with van der Waals surface area (Å²) < 4.78 is 5.03. The SMILES string of the molecule is CCc1c(CC)n2c3c(cccc13)B1c3ccccc3Sc3cc(-c4ccc5c(c4)c4ccccc4n5-c4ccccc4)cc-2c31. The Hall–Kier alpha value is -4.93. The molecule has 2 aliphatic heterocycles. The lowest BCUT2D eigenvalue weighted by molar-refractivity contribution is 0.927. The lowest BCUT2D eigenvalue weighted by Crippen LogP contribution is -2.58. The van der Waals surface area contributed by atoms with E-state index in [2.05, 4.69) is 150 Å². The van der Waals surface area contributed by atoms with Crippen molar-refractivity contribution in [3.05, 3.63) is 139 Å². The van der Waals surface area contributed by atoms with Crippen LogP contribution in [0, 0.1) is 0 Å². The minimum Gasteiger partial charge on any atom is -0.314 e. The van der Waals surface area contributed by atoms with Crippen LogP contribution < -0.4 is 16.4 Å². The van der Waals surface area contributed by atoms with Crippen LogP contribution in [-0.2, 0) is 12.8 Å². The number of benzene rings is 6. The van der Waals surface area contributed by atoms with Gasteiger partial charge in [0.05, 0.1) is 11.0 Å². The van der Waals surface area contributed by atoms with Crippen molar-refractivity contribution >= 4 is 67.6 Å². The topological polar surface area (TPSA) is 9.86 Å². The maximum Gasteiger partial charge on any atom is 0.249 e. The van der Waals surface area contributed by atoms with Crippen molar-refractivity contribution in [1.29, 1.82) is 0 Å². The zero-order valence-corrected chi connectivity index (χ0v) is 26.7. The molecule has 0 spiro atoms. The molecule has 0 aliphatic carbocycles. The van der Waals surface area contributed by atoms with Crippen LogP contribution >= 0.6 is 11.8 Å². The van der Waals surface area contributed by atoms with Gasteiger partial charge >= 0.3 is 0 Å². The fraction of sp³-hybridized carbons (Fsp3) is 0.0952. The van der Waals surface area contributed by atoms with Crippen LogP contribution in [0.2, 0.25) is 0 Å². The number of para-hydroxylation sites is 3. The first kappa shape index (κ1) is 26.3. The van der Waals surface area contributed by atoms with Gasteiger partial charge < -0.3 is 9.13 Å². The van der Waals surface area contributed by atoms with Gasteiger partial charge in [-0.25, -0.2) is 0 Å². The van der Waals surface area contributed by atoms with E-state index < -0.39 is 0 Å². The molecule has 6 aromatic carbocycles. The van der Waals surface area contributed by atoms with Gasteiger partial charge in [0.25, 0.3) is 0 Å². The van der Waals surface area contributed by atoms with Crippen LogP contribution in [0.15, 0.2) is 137 Å². The van der Waals surface area contributed by atoms with Gasteiger partial charge in [-0.1, -0.05) is 110 Å². The third kappa shape index (κ3) is 3.45. The standard InChI is InChI=1S/C42H31BN2S/c1-3-29-31-16-12-18-34-42(31)45(35(29)4-2)38-24-27(25-40-41(38)43(34)33-17-9-11-20-39(33)46-40)26-21-22-37-32(23-26)30-15-8-10-19-36(30)44(37)28-13-6-5-7-14-28/h5-25H,3-4H2,1-2H3. The van der Waals surface area contributed by atoms with E-state index in [9.17, 15) is 0 Å². The Bertz CT molecular complexity index is 2540. The van der Waals surface area contributed by atoms with Gasteiger partial charge in [-0.15, -0.1) is 0 Å². The number of fused-ring (bicyclic) bond motifs is 7. The molecule has 0 unspecified atom stereocenters. The number of aryl methyl sites for hydroxylation is 1. The predicted molar refractivity (Wildman–Crippen MR) is 197 cm³/mol. The molecule has 2 aliphatic rings. The van der Waals surface area contributed by atoms with E-state index in [4.69, 9.17) is 0 Å². The van der Waals surface area contributed by atoms with Gasteiger partial charge in [-0.2, -0.15) is 0 Å². The van der Waals surface area contributed by atoms with Crippen LogP contribution in [-0.4, -0.2) is 15.8 Å². The Kier molecular flexibility index (Phi) is 5.60. The number of rotatable bonds is 4. The van der Waals surface area contributed by atoms with Crippen LogP contribution in [0.1, 0.15) is 25.1 Å². The molecule has 4 heterocycles. The van der Waals surface area contributed by atoms with Crippen LogP contribution in [0.5, 0.6) is 0 Å². The highest BCUT2D eigenvalue weighted by Gasteiger charge is 2.40. The molecular formula is C42H31BN2S. The van der Waals surface area contributed by atoms with Crippen molar-refractivity contribution in [1.82, 2.24) is 9.13 Å². The lowest BCUT2D eigenvalue weighted by atomic mass is 9.35. The van der Waals surface area contributed by atoms with Gasteiger partial charge in [-0.3, -0.25) is 0 Å². The molecule has 4 heteroatoms. The smallest absolute Gasteiger partial charge is 0.249 e. The minimum absolute atomic E-state index is 0.239. The number of aromatic nitrogens is 2. The van der Waals surface area contributed by atoms with Crippen molar-refractivity contribution in [3.8, 4) is 22.5 Å². The van der Waals surface area contributed by atoms with Gasteiger partial charge in [0.1, 0.15) is 0 Å². The molecule has 0 amide bonds. The summed E-state index contributed by atoms with van der Waals surface area (Å²) >= 11 is 1.94. The Balaban J connectivity index is 1.27. The summed E-state index contributed by atoms with van der Waals surface area (Å²) in [6.07, 6.45) is 2.05. The van der Waals surface area contributed by atoms with Crippen molar-refractivity contribution in [2.24, 2.45) is 0 Å². The van der Waals surface area contributed by atoms with E-state index in [1.54, 1.807) is 0 Å². The zero-order valence-electron chi connectivity index (χ0n) is 25.9. The molecule has 0 fully saturated rings. The summed E-state index contributed by atoms with van der Waals surface area (Å²) in [5, 5.41) is 3.99. The van der Waals surface area contributed by atoms with Crippen molar-refractivity contribution in [2.45, 2.75) is 36.5 Å². The van der Waals surface area contributed by atoms with E-state index in [1.807, 2.05) is 11.8 Å². The molecule has 0 saturated carbocycles. The van der Waals surface area contributed by atoms with Crippen LogP contribution in [0.3, 0.4) is 0 Å². The number of hydrogen-bond acceptors (Lipinski definition) is 1. The first-order valence-electron chi connectivity index (χ1n) is 16.4. The Morgan fingerprint density at radius 2 is 1.33 bits per heavy atom. The van der Waals surface area contributed by atoms with Gasteiger partial charge in [-0.05, 0) is 89.0 Å². The number of hydrogen-bond donors (Lipinski definition) is 0. The molecule has 0 N–H and O–H groups in total. The third-order valence-electron chi connectivity index (χ3n) is 10.4. The molecule has 2 aromatic heterocycles. The maximum atomic E-state index is 2.64. The zero-order chi connectivity index (χ0) is 30.5. The number of nitrogens with zero attached hydrogens (tertiary/aromatic N) is 2. The fourth-order valence-corrected chi connectivity index (χ4v) is 9.71. The summed E-state index contributed by atoms with van der Waals surface area (Å²) in [5.74, 6) is 0. The van der Waals surface area contributed by atoms with Gasteiger partial charge in [0.15, 0.2) is 0 Å². The van der Waals surface area contributed by atoms with Crippen molar-refractivity contribution < 1.29 is 0 Å². The molecule has 218 valence electrons. The highest BCUT2D eigenvalue weighted by atomic mass is 32.2. The van der Waals surface area contributed by atoms with Crippen molar-refractivity contribution in [3.63, 3.8) is 0 Å². The fourth-order valence-electron chi connectivity index (χ4n) is 8.50. The quantitative estimate of drug-likeness (QED) is 0.182. The van der Waals surface area contributed by atoms with E-state index in [1.165, 1.54) is 92.6 Å². The van der Waals surface area contributed by atoms with E-state index in [0.29, 0.717) is 0 Å². The van der Waals surface area contributed by atoms with E-state index >= 15 is 0 Å². The van der Waals surface area contributed by atoms with E-state index in [0.717, 1.165) is 12.8 Å². The molecular weight excluding hydrogens is 575 g/mol. The summed E-state index contributed by atoms with van der Waals surface area (Å²) in [6, 6.07) is 47.6. The van der Waals surface area contributed by atoms with Crippen LogP contribution in [0.4, 0.5) is 0 Å². The molecule has 8 aromatic rings. The molecule has 0 saturated heterocycles. The highest BCUT2D eigenvalue weighted by Crippen LogP contribution is 2.41. The minimum atomic E-state index is 0.239. The Morgan fingerprint density at radius 1 is 0.565 bits per heavy atom. The summed E-state index contributed by atoms with van der Waals surface area (Å²) in [6.45, 7) is 4.87. The summed E-state index contributed by atoms with van der Waals surface area (Å²) in [5.41, 5.74) is 16.2. The maximum absolute atomic E-state index is 2.64. The molecule has 0 atom stereocenters. The van der Waals surface area contributed by atoms with Gasteiger partial charge in [0, 0.05) is 48.5 Å². The molecule has 46 heavy (non-hydrogen) atoms. The molecule has 10 rings (SSSR count). The highest BCUT2D eigenvalue weighted by molar-refractivity contribution is 8.00. The second-order valence-electron chi connectivity index (χ2n) is 12.6. The Labute approximate surface area is 273 Å². The third-order valence-corrected chi connectivity index (χ3v) is 11.5. The van der Waals surface area contributed by atoms with Crippen molar-refractivity contribution in [2.75, 3.05) is 0 Å². The second-order valence-corrected chi connectivity index (χ2v) is 13.7. The Morgan fingerprint density at radius 3 is 2.20 bits per heavy atom. The lowest BCUT2D eigenvalue weighted by Gasteiger charge is -2.34.